The summed E-state index contributed by atoms with van der Waals surface area (Å²) in [5.41, 5.74) is 8.58. The Bertz CT molecular complexity index is 842. The molecule has 1 atom stereocenters. The molecule has 0 aliphatic heterocycles. The molecular weight excluding hydrogens is 316 g/mol. The molecule has 6 nitrogen and oxygen atoms in total. The lowest BCUT2D eigenvalue weighted by molar-refractivity contribution is -0.384. The lowest BCUT2D eigenvalue weighted by Gasteiger charge is -2.32. The van der Waals surface area contributed by atoms with Gasteiger partial charge in [-0.1, -0.05) is 24.3 Å². The minimum atomic E-state index is -0.382. The number of nitro groups is 1. The largest absolute Gasteiger partial charge is 0.399 e. The zero-order valence-corrected chi connectivity index (χ0v) is 14.0. The summed E-state index contributed by atoms with van der Waals surface area (Å²) in [6.07, 6.45) is 7.04. The van der Waals surface area contributed by atoms with Gasteiger partial charge in [0.25, 0.3) is 5.69 Å². The molecule has 2 N–H and O–H groups in total. The van der Waals surface area contributed by atoms with Crippen molar-refractivity contribution < 1.29 is 4.92 Å². The van der Waals surface area contributed by atoms with Crippen molar-refractivity contribution in [2.24, 2.45) is 0 Å². The molecule has 25 heavy (non-hydrogen) atoms. The molecular formula is C19H20N4O2. The number of non-ortho nitro benzene ring substituents is 1. The van der Waals surface area contributed by atoms with Crippen molar-refractivity contribution in [3.63, 3.8) is 0 Å². The monoisotopic (exact) mass is 336 g/mol. The number of aromatic nitrogens is 2. The number of anilines is 1. The molecule has 1 unspecified atom stereocenters. The molecule has 0 amide bonds. The zero-order valence-electron chi connectivity index (χ0n) is 14.0. The van der Waals surface area contributed by atoms with Gasteiger partial charge in [-0.15, -0.1) is 0 Å². The lowest BCUT2D eigenvalue weighted by Crippen LogP contribution is -2.34. The normalized spacial score (nSPS) is 13.3. The number of rotatable bonds is 6. The van der Waals surface area contributed by atoms with Crippen LogP contribution in [-0.4, -0.2) is 14.5 Å². The van der Waals surface area contributed by atoms with E-state index in [0.29, 0.717) is 0 Å². The van der Waals surface area contributed by atoms with Gasteiger partial charge in [0.15, 0.2) is 0 Å². The first-order chi connectivity index (χ1) is 12.0. The quantitative estimate of drug-likeness (QED) is 0.423. The van der Waals surface area contributed by atoms with Crippen LogP contribution in [-0.2, 0) is 18.4 Å². The van der Waals surface area contributed by atoms with Crippen LogP contribution in [0.2, 0.25) is 0 Å². The Morgan fingerprint density at radius 3 is 2.12 bits per heavy atom. The molecule has 2 aromatic carbocycles. The van der Waals surface area contributed by atoms with Gasteiger partial charge >= 0.3 is 0 Å². The van der Waals surface area contributed by atoms with Gasteiger partial charge in [-0.05, 0) is 43.0 Å². The van der Waals surface area contributed by atoms with Crippen LogP contribution >= 0.6 is 0 Å². The summed E-state index contributed by atoms with van der Waals surface area (Å²) in [5, 5.41) is 10.8. The van der Waals surface area contributed by atoms with Crippen LogP contribution in [0, 0.1) is 10.1 Å². The van der Waals surface area contributed by atoms with Gasteiger partial charge in [0, 0.05) is 30.2 Å². The lowest BCUT2D eigenvalue weighted by atomic mass is 9.86. The highest BCUT2D eigenvalue weighted by molar-refractivity contribution is 5.40. The van der Waals surface area contributed by atoms with Crippen molar-refractivity contribution in [2.45, 2.75) is 25.3 Å². The van der Waals surface area contributed by atoms with E-state index in [1.54, 1.807) is 18.3 Å². The smallest absolute Gasteiger partial charge is 0.269 e. The van der Waals surface area contributed by atoms with Crippen molar-refractivity contribution in [1.29, 1.82) is 0 Å². The number of benzene rings is 2. The molecule has 3 rings (SSSR count). The first-order valence-corrected chi connectivity index (χ1v) is 8.02. The molecule has 0 spiro atoms. The first-order valence-electron chi connectivity index (χ1n) is 8.02. The average Bonchev–Trinajstić information content (AvgIpc) is 3.13. The predicted molar refractivity (Wildman–Crippen MR) is 97.2 cm³/mol. The molecule has 0 aliphatic carbocycles. The second-order valence-electron chi connectivity index (χ2n) is 6.49. The average molecular weight is 336 g/mol. The van der Waals surface area contributed by atoms with Crippen LogP contribution < -0.4 is 5.73 Å². The van der Waals surface area contributed by atoms with E-state index < -0.39 is 0 Å². The molecule has 0 radical (unpaired) electrons. The molecule has 0 bridgehead atoms. The Hall–Kier alpha value is -3.15. The second-order valence-corrected chi connectivity index (χ2v) is 6.49. The van der Waals surface area contributed by atoms with Gasteiger partial charge in [0.05, 0.1) is 16.8 Å². The maximum atomic E-state index is 10.8. The summed E-state index contributed by atoms with van der Waals surface area (Å²) in [4.78, 5) is 14.6. The van der Waals surface area contributed by atoms with Gasteiger partial charge in [-0.2, -0.15) is 0 Å². The highest BCUT2D eigenvalue weighted by Gasteiger charge is 2.27. The Balaban J connectivity index is 1.89. The Morgan fingerprint density at radius 2 is 1.64 bits per heavy atom. The number of nitrogens with two attached hydrogens (primary N) is 1. The fourth-order valence-electron chi connectivity index (χ4n) is 3.07. The summed E-state index contributed by atoms with van der Waals surface area (Å²) in [6.45, 7) is 2.16. The maximum absolute atomic E-state index is 10.8. The Kier molecular flexibility index (Phi) is 4.52. The summed E-state index contributed by atoms with van der Waals surface area (Å²) in [5.74, 6) is 0. The fraction of sp³-hybridized carbons (Fsp3) is 0.211. The summed E-state index contributed by atoms with van der Waals surface area (Å²) >= 11 is 0. The van der Waals surface area contributed by atoms with Gasteiger partial charge in [0.2, 0.25) is 0 Å². The molecule has 0 saturated heterocycles. The summed E-state index contributed by atoms with van der Waals surface area (Å²) < 4.78 is 2.09. The first kappa shape index (κ1) is 16.7. The standard InChI is InChI=1S/C19H20N4O2/c1-19(22-11-10-21-14-22,12-15-2-6-17(20)7-3-15)13-16-4-8-18(9-5-16)23(24)25/h2-11,14H,12-13,20H2,1H3. The van der Waals surface area contributed by atoms with Crippen molar-refractivity contribution in [3.8, 4) is 0 Å². The van der Waals surface area contributed by atoms with Gasteiger partial charge in [-0.25, -0.2) is 4.98 Å². The Morgan fingerprint density at radius 1 is 1.08 bits per heavy atom. The number of nitrogens with zero attached hydrogens (tertiary/aromatic N) is 3. The maximum Gasteiger partial charge on any atom is 0.269 e. The molecule has 128 valence electrons. The number of hydrogen-bond donors (Lipinski definition) is 1. The van der Waals surface area contributed by atoms with Crippen LogP contribution in [0.25, 0.3) is 0 Å². The summed E-state index contributed by atoms with van der Waals surface area (Å²) in [6, 6.07) is 14.6. The van der Waals surface area contributed by atoms with Crippen LogP contribution in [0.5, 0.6) is 0 Å². The molecule has 0 saturated carbocycles. The van der Waals surface area contributed by atoms with Crippen LogP contribution in [0.3, 0.4) is 0 Å². The van der Waals surface area contributed by atoms with Crippen LogP contribution in [0.1, 0.15) is 18.1 Å². The van der Waals surface area contributed by atoms with Crippen molar-refractivity contribution in [2.75, 3.05) is 5.73 Å². The van der Waals surface area contributed by atoms with Crippen molar-refractivity contribution >= 4 is 11.4 Å². The minimum absolute atomic E-state index is 0.103. The highest BCUT2D eigenvalue weighted by atomic mass is 16.6. The van der Waals surface area contributed by atoms with Crippen molar-refractivity contribution in [1.82, 2.24) is 9.55 Å². The highest BCUT2D eigenvalue weighted by Crippen LogP contribution is 2.28. The fourth-order valence-corrected chi connectivity index (χ4v) is 3.07. The molecule has 0 aliphatic rings. The molecule has 1 heterocycles. The topological polar surface area (TPSA) is 87.0 Å². The number of hydrogen-bond acceptors (Lipinski definition) is 4. The number of nitrogen functional groups attached to an aromatic ring is 1. The third-order valence-electron chi connectivity index (χ3n) is 4.42. The van der Waals surface area contributed by atoms with Gasteiger partial charge < -0.3 is 10.3 Å². The third kappa shape index (κ3) is 3.85. The van der Waals surface area contributed by atoms with Crippen molar-refractivity contribution in [3.05, 3.63) is 88.5 Å². The van der Waals surface area contributed by atoms with E-state index >= 15 is 0 Å². The Labute approximate surface area is 146 Å². The second kappa shape index (κ2) is 6.76. The molecule has 0 fully saturated rings. The SMILES string of the molecule is CC(Cc1ccc(N)cc1)(Cc1ccc([N+](=O)[O-])cc1)n1ccnc1. The van der Waals surface area contributed by atoms with E-state index in [0.717, 1.165) is 24.1 Å². The summed E-state index contributed by atoms with van der Waals surface area (Å²) in [7, 11) is 0. The minimum Gasteiger partial charge on any atom is -0.399 e. The third-order valence-corrected chi connectivity index (χ3v) is 4.42. The molecule has 3 aromatic rings. The molecule has 1 aromatic heterocycles. The number of nitro benzene ring substituents is 1. The van der Waals surface area contributed by atoms with E-state index in [2.05, 4.69) is 16.5 Å². The van der Waals surface area contributed by atoms with E-state index in [4.69, 9.17) is 5.73 Å². The van der Waals surface area contributed by atoms with Crippen LogP contribution in [0.4, 0.5) is 11.4 Å². The molecule has 6 heteroatoms. The van der Waals surface area contributed by atoms with E-state index in [1.807, 2.05) is 48.9 Å². The predicted octanol–water partition coefficient (Wildman–Crippen LogP) is 3.57. The van der Waals surface area contributed by atoms with E-state index in [-0.39, 0.29) is 16.1 Å². The van der Waals surface area contributed by atoms with E-state index in [1.165, 1.54) is 5.56 Å². The van der Waals surface area contributed by atoms with Gasteiger partial charge in [-0.3, -0.25) is 10.1 Å². The zero-order chi connectivity index (χ0) is 17.9. The van der Waals surface area contributed by atoms with E-state index in [9.17, 15) is 10.1 Å². The van der Waals surface area contributed by atoms with Gasteiger partial charge in [0.1, 0.15) is 0 Å². The van der Waals surface area contributed by atoms with Crippen LogP contribution in [0.15, 0.2) is 67.3 Å². The number of imidazole rings is 1.